The lowest BCUT2D eigenvalue weighted by molar-refractivity contribution is -0.126. The van der Waals surface area contributed by atoms with Crippen LogP contribution in [0.15, 0.2) is 42.6 Å². The normalized spacial score (nSPS) is 14.0. The second-order valence-corrected chi connectivity index (χ2v) is 6.21. The predicted molar refractivity (Wildman–Crippen MR) is 95.9 cm³/mol. The van der Waals surface area contributed by atoms with Gasteiger partial charge in [0.05, 0.1) is 5.56 Å². The Morgan fingerprint density at radius 3 is 2.76 bits per heavy atom. The number of carbonyl (C=O) groups is 2. The molecule has 1 aromatic heterocycles. The summed E-state index contributed by atoms with van der Waals surface area (Å²) in [4.78, 5) is 32.7. The van der Waals surface area contributed by atoms with Crippen LogP contribution in [0.5, 0.6) is 0 Å². The minimum atomic E-state index is -0.852. The second kappa shape index (κ2) is 6.93. The first-order chi connectivity index (χ1) is 12.0. The van der Waals surface area contributed by atoms with Gasteiger partial charge in [-0.3, -0.25) is 4.79 Å². The number of hydrogen-bond donors (Lipinski definition) is 0. The molecule has 0 unspecified atom stereocenters. The van der Waals surface area contributed by atoms with Crippen LogP contribution in [0.1, 0.15) is 22.8 Å². The number of para-hydroxylation sites is 1. The van der Waals surface area contributed by atoms with Gasteiger partial charge in [0.1, 0.15) is 5.82 Å². The zero-order valence-electron chi connectivity index (χ0n) is 14.6. The van der Waals surface area contributed by atoms with Gasteiger partial charge in [-0.15, -0.1) is 0 Å². The van der Waals surface area contributed by atoms with Gasteiger partial charge in [-0.2, -0.15) is 0 Å². The summed E-state index contributed by atoms with van der Waals surface area (Å²) in [6.07, 6.45) is 1.52. The Morgan fingerprint density at radius 2 is 2.00 bits per heavy atom. The van der Waals surface area contributed by atoms with Crippen molar-refractivity contribution in [2.24, 2.45) is 0 Å². The van der Waals surface area contributed by atoms with Crippen molar-refractivity contribution in [2.45, 2.75) is 19.4 Å². The summed E-state index contributed by atoms with van der Waals surface area (Å²) in [6.45, 7) is 2.22. The van der Waals surface area contributed by atoms with Crippen LogP contribution in [0.4, 0.5) is 11.5 Å². The first-order valence-corrected chi connectivity index (χ1v) is 8.21. The molecule has 2 aromatic rings. The van der Waals surface area contributed by atoms with Gasteiger partial charge in [-0.05, 0) is 37.1 Å². The summed E-state index contributed by atoms with van der Waals surface area (Å²) in [5.41, 5.74) is 2.41. The Bertz CT molecular complexity index is 804. The first kappa shape index (κ1) is 17.0. The van der Waals surface area contributed by atoms with E-state index in [1.165, 1.54) is 0 Å². The molecule has 6 heteroatoms. The molecule has 1 atom stereocenters. The SMILES string of the molecule is C[C@@H](OC(=O)c1ccnc(N(C)C)c1)C(=O)N1CCc2ccccc21. The second-order valence-electron chi connectivity index (χ2n) is 6.21. The van der Waals surface area contributed by atoms with Crippen molar-refractivity contribution < 1.29 is 14.3 Å². The predicted octanol–water partition coefficient (Wildman–Crippen LogP) is 2.28. The van der Waals surface area contributed by atoms with Crippen LogP contribution >= 0.6 is 0 Å². The van der Waals surface area contributed by atoms with Crippen molar-refractivity contribution in [1.29, 1.82) is 0 Å². The molecule has 1 aromatic carbocycles. The number of anilines is 2. The topological polar surface area (TPSA) is 62.7 Å². The van der Waals surface area contributed by atoms with Gasteiger partial charge in [0.2, 0.25) is 0 Å². The number of carbonyl (C=O) groups excluding carboxylic acids is 2. The summed E-state index contributed by atoms with van der Waals surface area (Å²) in [5.74, 6) is -0.0825. The largest absolute Gasteiger partial charge is 0.449 e. The molecule has 1 aliphatic rings. The fourth-order valence-electron chi connectivity index (χ4n) is 2.86. The van der Waals surface area contributed by atoms with Gasteiger partial charge in [-0.25, -0.2) is 9.78 Å². The standard InChI is InChI=1S/C19H21N3O3/c1-13(18(23)22-11-9-14-6-4-5-7-16(14)22)25-19(24)15-8-10-20-17(12-15)21(2)3/h4-8,10,12-13H,9,11H2,1-3H3/t13-/m1/s1. The molecule has 0 aliphatic carbocycles. The molecule has 130 valence electrons. The maximum atomic E-state index is 12.7. The minimum absolute atomic E-state index is 0.208. The van der Waals surface area contributed by atoms with Gasteiger partial charge < -0.3 is 14.5 Å². The fraction of sp³-hybridized carbons (Fsp3) is 0.316. The average Bonchev–Trinajstić information content (AvgIpc) is 3.05. The lowest BCUT2D eigenvalue weighted by atomic mass is 10.2. The summed E-state index contributed by atoms with van der Waals surface area (Å²) in [5, 5.41) is 0. The number of rotatable bonds is 4. The molecule has 0 spiro atoms. The number of nitrogens with zero attached hydrogens (tertiary/aromatic N) is 3. The Labute approximate surface area is 147 Å². The number of pyridine rings is 1. The molecular weight excluding hydrogens is 318 g/mol. The number of benzene rings is 1. The van der Waals surface area contributed by atoms with E-state index in [-0.39, 0.29) is 5.91 Å². The van der Waals surface area contributed by atoms with Crippen LogP contribution < -0.4 is 9.80 Å². The third-order valence-corrected chi connectivity index (χ3v) is 4.22. The minimum Gasteiger partial charge on any atom is -0.449 e. The molecule has 0 bridgehead atoms. The molecule has 0 saturated heterocycles. The highest BCUT2D eigenvalue weighted by atomic mass is 16.5. The van der Waals surface area contributed by atoms with Crippen molar-refractivity contribution in [2.75, 3.05) is 30.4 Å². The molecular formula is C19H21N3O3. The van der Waals surface area contributed by atoms with E-state index >= 15 is 0 Å². The molecule has 0 radical (unpaired) electrons. The van der Waals surface area contributed by atoms with Gasteiger partial charge in [0.15, 0.2) is 6.10 Å². The van der Waals surface area contributed by atoms with Gasteiger partial charge in [0.25, 0.3) is 5.91 Å². The van der Waals surface area contributed by atoms with Crippen molar-refractivity contribution in [3.63, 3.8) is 0 Å². The van der Waals surface area contributed by atoms with Crippen LogP contribution in [0.2, 0.25) is 0 Å². The summed E-state index contributed by atoms with van der Waals surface area (Å²) in [6, 6.07) is 11.0. The molecule has 1 aliphatic heterocycles. The van der Waals surface area contributed by atoms with E-state index in [0.29, 0.717) is 17.9 Å². The van der Waals surface area contributed by atoms with E-state index in [0.717, 1.165) is 17.7 Å². The zero-order valence-corrected chi connectivity index (χ0v) is 14.6. The lowest BCUT2D eigenvalue weighted by Gasteiger charge is -2.22. The van der Waals surface area contributed by atoms with E-state index in [1.54, 1.807) is 35.1 Å². The van der Waals surface area contributed by atoms with E-state index in [9.17, 15) is 9.59 Å². The molecule has 2 heterocycles. The summed E-state index contributed by atoms with van der Waals surface area (Å²) < 4.78 is 5.38. The molecule has 3 rings (SSSR count). The van der Waals surface area contributed by atoms with E-state index in [2.05, 4.69) is 4.98 Å². The fourth-order valence-corrected chi connectivity index (χ4v) is 2.86. The van der Waals surface area contributed by atoms with E-state index in [1.807, 2.05) is 38.4 Å². The maximum Gasteiger partial charge on any atom is 0.339 e. The van der Waals surface area contributed by atoms with Crippen LogP contribution in [-0.4, -0.2) is 43.6 Å². The zero-order chi connectivity index (χ0) is 18.0. The first-order valence-electron chi connectivity index (χ1n) is 8.21. The Hall–Kier alpha value is -2.89. The van der Waals surface area contributed by atoms with Crippen LogP contribution in [0.25, 0.3) is 0 Å². The maximum absolute atomic E-state index is 12.7. The number of ether oxygens (including phenoxy) is 1. The number of fused-ring (bicyclic) bond motifs is 1. The van der Waals surface area contributed by atoms with Crippen molar-refractivity contribution in [1.82, 2.24) is 4.98 Å². The Balaban J connectivity index is 1.70. The highest BCUT2D eigenvalue weighted by Crippen LogP contribution is 2.28. The van der Waals surface area contributed by atoms with Gasteiger partial charge in [0, 0.05) is 32.5 Å². The third kappa shape index (κ3) is 3.47. The van der Waals surface area contributed by atoms with Gasteiger partial charge >= 0.3 is 5.97 Å². The highest BCUT2D eigenvalue weighted by molar-refractivity contribution is 6.00. The summed E-state index contributed by atoms with van der Waals surface area (Å²) in [7, 11) is 3.68. The van der Waals surface area contributed by atoms with E-state index in [4.69, 9.17) is 4.74 Å². The van der Waals surface area contributed by atoms with Crippen LogP contribution in [0.3, 0.4) is 0 Å². The number of amides is 1. The number of aromatic nitrogens is 1. The lowest BCUT2D eigenvalue weighted by Crippen LogP contribution is -2.39. The van der Waals surface area contributed by atoms with Crippen molar-refractivity contribution >= 4 is 23.4 Å². The monoisotopic (exact) mass is 339 g/mol. The molecule has 0 N–H and O–H groups in total. The van der Waals surface area contributed by atoms with E-state index < -0.39 is 12.1 Å². The third-order valence-electron chi connectivity index (χ3n) is 4.22. The van der Waals surface area contributed by atoms with Crippen LogP contribution in [0, 0.1) is 0 Å². The summed E-state index contributed by atoms with van der Waals surface area (Å²) >= 11 is 0. The van der Waals surface area contributed by atoms with Gasteiger partial charge in [-0.1, -0.05) is 18.2 Å². The van der Waals surface area contributed by atoms with Crippen LogP contribution in [-0.2, 0) is 16.0 Å². The smallest absolute Gasteiger partial charge is 0.339 e. The molecule has 6 nitrogen and oxygen atoms in total. The van der Waals surface area contributed by atoms with Crippen molar-refractivity contribution in [3.05, 3.63) is 53.7 Å². The molecule has 1 amide bonds. The molecule has 0 saturated carbocycles. The highest BCUT2D eigenvalue weighted by Gasteiger charge is 2.30. The Kier molecular flexibility index (Phi) is 4.70. The average molecular weight is 339 g/mol. The quantitative estimate of drug-likeness (QED) is 0.800. The number of hydrogen-bond acceptors (Lipinski definition) is 5. The number of esters is 1. The Morgan fingerprint density at radius 1 is 1.24 bits per heavy atom. The molecule has 25 heavy (non-hydrogen) atoms. The molecule has 0 fully saturated rings. The van der Waals surface area contributed by atoms with Crippen molar-refractivity contribution in [3.8, 4) is 0 Å².